The molecule has 68 valence electrons. The highest BCUT2D eigenvalue weighted by Crippen LogP contribution is 2.33. The Balaban J connectivity index is 2.49. The molecule has 0 aliphatic carbocycles. The molecule has 13 heavy (non-hydrogen) atoms. The third-order valence-electron chi connectivity index (χ3n) is 2.31. The summed E-state index contributed by atoms with van der Waals surface area (Å²) in [5.74, 6) is 0.364. The van der Waals surface area contributed by atoms with Crippen molar-refractivity contribution < 1.29 is 4.79 Å². The van der Waals surface area contributed by atoms with E-state index < -0.39 is 0 Å². The largest absolute Gasteiger partial charge is 0.326 e. The van der Waals surface area contributed by atoms with Crippen LogP contribution in [0, 0.1) is 0 Å². The van der Waals surface area contributed by atoms with Gasteiger partial charge in [-0.15, -0.1) is 0 Å². The van der Waals surface area contributed by atoms with Crippen molar-refractivity contribution in [1.82, 2.24) is 0 Å². The zero-order chi connectivity index (χ0) is 9.42. The van der Waals surface area contributed by atoms with E-state index in [4.69, 9.17) is 11.6 Å². The van der Waals surface area contributed by atoms with Gasteiger partial charge in [-0.1, -0.05) is 24.6 Å². The monoisotopic (exact) mass is 195 g/mol. The van der Waals surface area contributed by atoms with Gasteiger partial charge in [-0.3, -0.25) is 4.79 Å². The Labute approximate surface area is 81.9 Å². The van der Waals surface area contributed by atoms with Crippen LogP contribution in [0.1, 0.15) is 24.8 Å². The summed E-state index contributed by atoms with van der Waals surface area (Å²) >= 11 is 5.82. The second kappa shape index (κ2) is 3.04. The standard InChI is InChI=1S/C10H10ClNO/c1-6-4-10(13)12-9-5-7(11)2-3-8(6)9/h2-3,5-6H,4H2,1H3,(H,12,13). The van der Waals surface area contributed by atoms with Gasteiger partial charge < -0.3 is 5.32 Å². The van der Waals surface area contributed by atoms with Crippen molar-refractivity contribution in [3.05, 3.63) is 28.8 Å². The summed E-state index contributed by atoms with van der Waals surface area (Å²) in [5, 5.41) is 3.47. The van der Waals surface area contributed by atoms with E-state index in [1.54, 1.807) is 6.07 Å². The van der Waals surface area contributed by atoms with Gasteiger partial charge in [0.2, 0.25) is 5.91 Å². The summed E-state index contributed by atoms with van der Waals surface area (Å²) in [6.07, 6.45) is 0.564. The maximum Gasteiger partial charge on any atom is 0.224 e. The zero-order valence-electron chi connectivity index (χ0n) is 7.30. The van der Waals surface area contributed by atoms with Crippen molar-refractivity contribution in [2.24, 2.45) is 0 Å². The van der Waals surface area contributed by atoms with Crippen LogP contribution in [0.25, 0.3) is 0 Å². The SMILES string of the molecule is CC1CC(=O)Nc2cc(Cl)ccc21. The number of benzene rings is 1. The lowest BCUT2D eigenvalue weighted by Gasteiger charge is -2.22. The number of hydrogen-bond donors (Lipinski definition) is 1. The van der Waals surface area contributed by atoms with E-state index in [1.165, 1.54) is 5.56 Å². The second-order valence-corrected chi connectivity index (χ2v) is 3.82. The van der Waals surface area contributed by atoms with Crippen molar-refractivity contribution in [3.63, 3.8) is 0 Å². The van der Waals surface area contributed by atoms with Gasteiger partial charge >= 0.3 is 0 Å². The Kier molecular flexibility index (Phi) is 2.00. The molecule has 0 bridgehead atoms. The first-order valence-corrected chi connectivity index (χ1v) is 4.64. The molecule has 0 saturated carbocycles. The molecule has 1 amide bonds. The van der Waals surface area contributed by atoms with E-state index in [0.29, 0.717) is 17.4 Å². The molecule has 0 radical (unpaired) electrons. The minimum Gasteiger partial charge on any atom is -0.326 e. The summed E-state index contributed by atoms with van der Waals surface area (Å²) in [5.41, 5.74) is 2.03. The van der Waals surface area contributed by atoms with Crippen LogP contribution in [0.5, 0.6) is 0 Å². The minimum absolute atomic E-state index is 0.0715. The first-order chi connectivity index (χ1) is 6.16. The van der Waals surface area contributed by atoms with Gasteiger partial charge in [0, 0.05) is 17.1 Å². The number of carbonyl (C=O) groups excluding carboxylic acids is 1. The minimum atomic E-state index is 0.0715. The molecule has 1 N–H and O–H groups in total. The van der Waals surface area contributed by atoms with E-state index in [0.717, 1.165) is 5.69 Å². The quantitative estimate of drug-likeness (QED) is 0.678. The fourth-order valence-corrected chi connectivity index (χ4v) is 1.83. The van der Waals surface area contributed by atoms with Crippen LogP contribution in [-0.4, -0.2) is 5.91 Å². The molecule has 0 spiro atoms. The highest BCUT2D eigenvalue weighted by molar-refractivity contribution is 6.31. The smallest absolute Gasteiger partial charge is 0.224 e. The van der Waals surface area contributed by atoms with Gasteiger partial charge in [0.1, 0.15) is 0 Å². The number of anilines is 1. The van der Waals surface area contributed by atoms with E-state index in [2.05, 4.69) is 5.32 Å². The van der Waals surface area contributed by atoms with Crippen LogP contribution in [-0.2, 0) is 4.79 Å². The van der Waals surface area contributed by atoms with Crippen molar-refractivity contribution in [1.29, 1.82) is 0 Å². The lowest BCUT2D eigenvalue weighted by atomic mass is 9.92. The first kappa shape index (κ1) is 8.57. The van der Waals surface area contributed by atoms with Crippen molar-refractivity contribution in [2.75, 3.05) is 5.32 Å². The predicted molar refractivity (Wildman–Crippen MR) is 53.1 cm³/mol. The number of fused-ring (bicyclic) bond motifs is 1. The van der Waals surface area contributed by atoms with Crippen molar-refractivity contribution >= 4 is 23.2 Å². The fraction of sp³-hybridized carbons (Fsp3) is 0.300. The van der Waals surface area contributed by atoms with Crippen LogP contribution in [0.15, 0.2) is 18.2 Å². The number of amides is 1. The number of hydrogen-bond acceptors (Lipinski definition) is 1. The molecule has 1 unspecified atom stereocenters. The third kappa shape index (κ3) is 1.54. The highest BCUT2D eigenvalue weighted by Gasteiger charge is 2.21. The Bertz CT molecular complexity index is 362. The second-order valence-electron chi connectivity index (χ2n) is 3.38. The van der Waals surface area contributed by atoms with Crippen LogP contribution in [0.2, 0.25) is 5.02 Å². The topological polar surface area (TPSA) is 29.1 Å². The number of rotatable bonds is 0. The maximum atomic E-state index is 11.2. The van der Waals surface area contributed by atoms with E-state index in [1.807, 2.05) is 19.1 Å². The van der Waals surface area contributed by atoms with E-state index >= 15 is 0 Å². The number of nitrogens with one attached hydrogen (secondary N) is 1. The summed E-state index contributed by atoms with van der Waals surface area (Å²) in [7, 11) is 0. The molecular formula is C10H10ClNO. The lowest BCUT2D eigenvalue weighted by Crippen LogP contribution is -2.21. The normalized spacial score (nSPS) is 20.8. The molecule has 1 atom stereocenters. The highest BCUT2D eigenvalue weighted by atomic mass is 35.5. The third-order valence-corrected chi connectivity index (χ3v) is 2.55. The molecule has 0 saturated heterocycles. The molecule has 0 fully saturated rings. The van der Waals surface area contributed by atoms with Gasteiger partial charge in [-0.05, 0) is 23.6 Å². The molecule has 3 heteroatoms. The predicted octanol–water partition coefficient (Wildman–Crippen LogP) is 2.79. The molecule has 1 aliphatic rings. The van der Waals surface area contributed by atoms with Crippen molar-refractivity contribution in [3.8, 4) is 0 Å². The molecule has 1 aliphatic heterocycles. The Hall–Kier alpha value is -1.02. The molecule has 1 aromatic carbocycles. The van der Waals surface area contributed by atoms with Gasteiger partial charge in [0.05, 0.1) is 0 Å². The molecule has 2 rings (SSSR count). The Morgan fingerprint density at radius 2 is 2.31 bits per heavy atom. The van der Waals surface area contributed by atoms with Crippen LogP contribution in [0.4, 0.5) is 5.69 Å². The molecule has 0 aromatic heterocycles. The van der Waals surface area contributed by atoms with Gasteiger partial charge in [-0.2, -0.15) is 0 Å². The van der Waals surface area contributed by atoms with E-state index in [-0.39, 0.29) is 5.91 Å². The van der Waals surface area contributed by atoms with Gasteiger partial charge in [0.25, 0.3) is 0 Å². The van der Waals surface area contributed by atoms with Gasteiger partial charge in [0.15, 0.2) is 0 Å². The summed E-state index contributed by atoms with van der Waals surface area (Å²) in [6.45, 7) is 2.05. The van der Waals surface area contributed by atoms with Crippen LogP contribution < -0.4 is 5.32 Å². The molecular weight excluding hydrogens is 186 g/mol. The average Bonchev–Trinajstić information content (AvgIpc) is 2.02. The summed E-state index contributed by atoms with van der Waals surface area (Å²) < 4.78 is 0. The number of carbonyl (C=O) groups is 1. The molecule has 2 nitrogen and oxygen atoms in total. The van der Waals surface area contributed by atoms with E-state index in [9.17, 15) is 4.79 Å². The average molecular weight is 196 g/mol. The van der Waals surface area contributed by atoms with Crippen LogP contribution >= 0.6 is 11.6 Å². The fourth-order valence-electron chi connectivity index (χ4n) is 1.66. The van der Waals surface area contributed by atoms with Crippen LogP contribution in [0.3, 0.4) is 0 Å². The maximum absolute atomic E-state index is 11.2. The first-order valence-electron chi connectivity index (χ1n) is 4.26. The lowest BCUT2D eigenvalue weighted by molar-refractivity contribution is -0.116. The zero-order valence-corrected chi connectivity index (χ0v) is 8.06. The summed E-state index contributed by atoms with van der Waals surface area (Å²) in [4.78, 5) is 11.2. The molecule has 1 aromatic rings. The Morgan fingerprint density at radius 3 is 3.08 bits per heavy atom. The van der Waals surface area contributed by atoms with Gasteiger partial charge in [-0.25, -0.2) is 0 Å². The molecule has 1 heterocycles. The Morgan fingerprint density at radius 1 is 1.54 bits per heavy atom. The van der Waals surface area contributed by atoms with Crippen molar-refractivity contribution in [2.45, 2.75) is 19.3 Å². The summed E-state index contributed by atoms with van der Waals surface area (Å²) in [6, 6.07) is 5.63. The number of halogens is 1.